The lowest BCUT2D eigenvalue weighted by Crippen LogP contribution is -2.42. The molecule has 0 aliphatic heterocycles. The van der Waals surface area contributed by atoms with E-state index in [2.05, 4.69) is 44.7 Å². The molecule has 0 aromatic heterocycles. The molecule has 0 spiro atoms. The molecule has 3 heteroatoms. The highest BCUT2D eigenvalue weighted by molar-refractivity contribution is 5.87. The van der Waals surface area contributed by atoms with Gasteiger partial charge in [0.1, 0.15) is 0 Å². The number of rotatable bonds is 5. The highest BCUT2D eigenvalue weighted by Gasteiger charge is 2.24. The van der Waals surface area contributed by atoms with Crippen LogP contribution in [0.1, 0.15) is 48.0 Å². The highest BCUT2D eigenvalue weighted by Crippen LogP contribution is 2.26. The van der Waals surface area contributed by atoms with Crippen LogP contribution >= 0.6 is 0 Å². The summed E-state index contributed by atoms with van der Waals surface area (Å²) in [7, 11) is 1.40. The largest absolute Gasteiger partial charge is 0.466 e. The van der Waals surface area contributed by atoms with Crippen LogP contribution in [0.3, 0.4) is 0 Å². The first-order valence-corrected chi connectivity index (χ1v) is 6.07. The third-order valence-electron chi connectivity index (χ3n) is 2.47. The van der Waals surface area contributed by atoms with Gasteiger partial charge in [-0.2, -0.15) is 0 Å². The van der Waals surface area contributed by atoms with E-state index in [0.29, 0.717) is 12.1 Å². The van der Waals surface area contributed by atoms with Gasteiger partial charge in [-0.25, -0.2) is 4.79 Å². The van der Waals surface area contributed by atoms with Crippen LogP contribution in [0.25, 0.3) is 0 Å². The van der Waals surface area contributed by atoms with E-state index in [4.69, 9.17) is 0 Å². The number of nitrogens with one attached hydrogen (secondary N) is 1. The second-order valence-electron chi connectivity index (χ2n) is 6.38. The smallest absolute Gasteiger partial charge is 0.333 e. The molecule has 0 aliphatic rings. The molecule has 0 heterocycles. The van der Waals surface area contributed by atoms with Gasteiger partial charge in [-0.1, -0.05) is 26.8 Å². The van der Waals surface area contributed by atoms with Crippen LogP contribution in [0.4, 0.5) is 0 Å². The SMILES string of the molecule is COC(=O)C(C)=CCNC(C)(C)CC(C)(C)C. The molecule has 0 saturated heterocycles. The van der Waals surface area contributed by atoms with Crippen molar-refractivity contribution in [1.29, 1.82) is 0 Å². The molecule has 1 N–H and O–H groups in total. The molecule has 0 atom stereocenters. The zero-order chi connectivity index (χ0) is 13.7. The summed E-state index contributed by atoms with van der Waals surface area (Å²) in [5, 5.41) is 3.44. The fraction of sp³-hybridized carbons (Fsp3) is 0.786. The van der Waals surface area contributed by atoms with Crippen LogP contribution in [-0.4, -0.2) is 25.2 Å². The van der Waals surface area contributed by atoms with Crippen molar-refractivity contribution in [3.05, 3.63) is 11.6 Å². The third-order valence-corrected chi connectivity index (χ3v) is 2.47. The molecule has 0 aromatic rings. The van der Waals surface area contributed by atoms with Crippen LogP contribution < -0.4 is 5.32 Å². The molecule has 0 radical (unpaired) electrons. The number of ether oxygens (including phenoxy) is 1. The monoisotopic (exact) mass is 241 g/mol. The van der Waals surface area contributed by atoms with Gasteiger partial charge in [-0.15, -0.1) is 0 Å². The summed E-state index contributed by atoms with van der Waals surface area (Å²) in [5.74, 6) is -0.263. The molecule has 0 rings (SSSR count). The van der Waals surface area contributed by atoms with Crippen LogP contribution in [0.5, 0.6) is 0 Å². The second kappa shape index (κ2) is 6.20. The number of hydrogen-bond acceptors (Lipinski definition) is 3. The van der Waals surface area contributed by atoms with E-state index >= 15 is 0 Å². The Bertz CT molecular complexity index is 285. The Hall–Kier alpha value is -0.830. The van der Waals surface area contributed by atoms with Crippen LogP contribution in [-0.2, 0) is 9.53 Å². The fourth-order valence-corrected chi connectivity index (χ4v) is 2.11. The molecular formula is C14H27NO2. The average molecular weight is 241 g/mol. The second-order valence-corrected chi connectivity index (χ2v) is 6.38. The Labute approximate surface area is 106 Å². The first kappa shape index (κ1) is 16.2. The molecular weight excluding hydrogens is 214 g/mol. The van der Waals surface area contributed by atoms with Crippen LogP contribution in [0.2, 0.25) is 0 Å². The van der Waals surface area contributed by atoms with Crippen molar-refractivity contribution in [3.63, 3.8) is 0 Å². The Morgan fingerprint density at radius 2 is 1.76 bits per heavy atom. The molecule has 0 amide bonds. The number of hydrogen-bond donors (Lipinski definition) is 1. The zero-order valence-electron chi connectivity index (χ0n) is 12.3. The maximum Gasteiger partial charge on any atom is 0.333 e. The summed E-state index contributed by atoms with van der Waals surface area (Å²) in [5.41, 5.74) is 0.995. The predicted octanol–water partition coefficient (Wildman–Crippen LogP) is 2.91. The van der Waals surface area contributed by atoms with Gasteiger partial charge in [0, 0.05) is 17.7 Å². The van der Waals surface area contributed by atoms with Crippen molar-refractivity contribution in [3.8, 4) is 0 Å². The van der Waals surface area contributed by atoms with Gasteiger partial charge in [0.2, 0.25) is 0 Å². The van der Waals surface area contributed by atoms with Crippen LogP contribution in [0.15, 0.2) is 11.6 Å². The highest BCUT2D eigenvalue weighted by atomic mass is 16.5. The number of carbonyl (C=O) groups excluding carboxylic acids is 1. The van der Waals surface area contributed by atoms with Crippen molar-refractivity contribution >= 4 is 5.97 Å². The quantitative estimate of drug-likeness (QED) is 0.594. The van der Waals surface area contributed by atoms with E-state index < -0.39 is 0 Å². The predicted molar refractivity (Wildman–Crippen MR) is 71.9 cm³/mol. The first-order valence-electron chi connectivity index (χ1n) is 6.07. The molecule has 0 bridgehead atoms. The van der Waals surface area contributed by atoms with Crippen molar-refractivity contribution in [2.75, 3.05) is 13.7 Å². The minimum Gasteiger partial charge on any atom is -0.466 e. The molecule has 0 aliphatic carbocycles. The average Bonchev–Trinajstić information content (AvgIpc) is 2.12. The molecule has 0 fully saturated rings. The molecule has 3 nitrogen and oxygen atoms in total. The third kappa shape index (κ3) is 7.97. The van der Waals surface area contributed by atoms with Crippen molar-refractivity contribution in [1.82, 2.24) is 5.32 Å². The summed E-state index contributed by atoms with van der Waals surface area (Å²) in [4.78, 5) is 11.2. The zero-order valence-corrected chi connectivity index (χ0v) is 12.3. The van der Waals surface area contributed by atoms with Crippen molar-refractivity contribution < 1.29 is 9.53 Å². The van der Waals surface area contributed by atoms with Gasteiger partial charge >= 0.3 is 5.97 Å². The van der Waals surface area contributed by atoms with Gasteiger partial charge in [0.15, 0.2) is 0 Å². The summed E-state index contributed by atoms with van der Waals surface area (Å²) in [6.45, 7) is 13.5. The molecule has 0 saturated carbocycles. The molecule has 0 aromatic carbocycles. The maximum absolute atomic E-state index is 11.2. The van der Waals surface area contributed by atoms with Gasteiger partial charge in [0.25, 0.3) is 0 Å². The lowest BCUT2D eigenvalue weighted by Gasteiger charge is -2.33. The van der Waals surface area contributed by atoms with Crippen LogP contribution in [0, 0.1) is 5.41 Å². The molecule has 100 valence electrons. The first-order chi connectivity index (χ1) is 7.57. The Balaban J connectivity index is 4.24. The van der Waals surface area contributed by atoms with Gasteiger partial charge in [-0.3, -0.25) is 0 Å². The number of esters is 1. The van der Waals surface area contributed by atoms with E-state index in [1.807, 2.05) is 6.08 Å². The fourth-order valence-electron chi connectivity index (χ4n) is 2.11. The van der Waals surface area contributed by atoms with E-state index in [1.165, 1.54) is 7.11 Å². The van der Waals surface area contributed by atoms with Gasteiger partial charge in [-0.05, 0) is 32.6 Å². The van der Waals surface area contributed by atoms with Gasteiger partial charge in [0.05, 0.1) is 7.11 Å². The number of methoxy groups -OCH3 is 1. The maximum atomic E-state index is 11.2. The Morgan fingerprint density at radius 1 is 1.24 bits per heavy atom. The Morgan fingerprint density at radius 3 is 2.18 bits per heavy atom. The summed E-state index contributed by atoms with van der Waals surface area (Å²) >= 11 is 0. The lowest BCUT2D eigenvalue weighted by atomic mass is 9.82. The minimum atomic E-state index is -0.263. The van der Waals surface area contributed by atoms with E-state index in [9.17, 15) is 4.79 Å². The van der Waals surface area contributed by atoms with E-state index in [1.54, 1.807) is 6.92 Å². The molecule has 17 heavy (non-hydrogen) atoms. The van der Waals surface area contributed by atoms with E-state index in [-0.39, 0.29) is 16.9 Å². The van der Waals surface area contributed by atoms with Gasteiger partial charge < -0.3 is 10.1 Å². The normalized spacial score (nSPS) is 13.7. The minimum absolute atomic E-state index is 0.0607. The molecule has 0 unspecified atom stereocenters. The standard InChI is InChI=1S/C14H27NO2/c1-11(12(16)17-7)8-9-15-14(5,6)10-13(2,3)4/h8,15H,9-10H2,1-7H3. The summed E-state index contributed by atoms with van der Waals surface area (Å²) < 4.78 is 4.64. The van der Waals surface area contributed by atoms with Crippen molar-refractivity contribution in [2.45, 2.75) is 53.5 Å². The summed E-state index contributed by atoms with van der Waals surface area (Å²) in [6, 6.07) is 0. The lowest BCUT2D eigenvalue weighted by molar-refractivity contribution is -0.136. The summed E-state index contributed by atoms with van der Waals surface area (Å²) in [6.07, 6.45) is 2.95. The van der Waals surface area contributed by atoms with E-state index in [0.717, 1.165) is 6.42 Å². The van der Waals surface area contributed by atoms with Crippen molar-refractivity contribution in [2.24, 2.45) is 5.41 Å². The topological polar surface area (TPSA) is 38.3 Å². The Kier molecular flexibility index (Phi) is 5.89. The number of carbonyl (C=O) groups is 1.